The highest BCUT2D eigenvalue weighted by Gasteiger charge is 2.30. The predicted octanol–water partition coefficient (Wildman–Crippen LogP) is 0.951. The molecule has 11 heteroatoms. The van der Waals surface area contributed by atoms with Crippen LogP contribution in [0.5, 0.6) is 0 Å². The lowest BCUT2D eigenvalue weighted by atomic mass is 9.98. The van der Waals surface area contributed by atoms with Crippen molar-refractivity contribution in [3.63, 3.8) is 0 Å². The minimum Gasteiger partial charge on any atom is -0.274 e. The van der Waals surface area contributed by atoms with Crippen molar-refractivity contribution in [3.8, 4) is 0 Å². The Morgan fingerprint density at radius 3 is 2.92 bits per heavy atom. The van der Waals surface area contributed by atoms with Gasteiger partial charge in [0.1, 0.15) is 5.82 Å². The number of rotatable bonds is 3. The second kappa shape index (κ2) is 6.20. The fraction of sp³-hybridized carbons (Fsp3) is 0.385. The van der Waals surface area contributed by atoms with E-state index in [0.29, 0.717) is 18.8 Å². The van der Waals surface area contributed by atoms with Gasteiger partial charge in [0.25, 0.3) is 10.0 Å². The van der Waals surface area contributed by atoms with Crippen LogP contribution >= 0.6 is 15.9 Å². The van der Waals surface area contributed by atoms with Crippen LogP contribution in [0.25, 0.3) is 0 Å². The van der Waals surface area contributed by atoms with Gasteiger partial charge in [-0.15, -0.1) is 5.10 Å². The largest absolute Gasteiger partial charge is 0.274 e. The zero-order valence-corrected chi connectivity index (χ0v) is 14.9. The molecule has 0 saturated heterocycles. The Morgan fingerprint density at radius 2 is 2.21 bits per heavy atom. The third-order valence-corrected chi connectivity index (χ3v) is 5.73. The summed E-state index contributed by atoms with van der Waals surface area (Å²) in [6.07, 6.45) is 0.700. The summed E-state index contributed by atoms with van der Waals surface area (Å²) < 4.78 is 42.0. The highest BCUT2D eigenvalue weighted by molar-refractivity contribution is 9.10. The molecule has 24 heavy (non-hydrogen) atoms. The van der Waals surface area contributed by atoms with E-state index in [-0.39, 0.29) is 21.4 Å². The molecule has 1 aromatic carbocycles. The maximum Gasteiger partial charge on any atom is 0.264 e. The number of hydrogen-bond donors (Lipinski definition) is 1. The molecule has 0 bridgehead atoms. The number of nitrogens with one attached hydrogen (secondary N) is 1. The maximum absolute atomic E-state index is 13.6. The number of halogens is 2. The average molecular weight is 418 g/mol. The van der Waals surface area contributed by atoms with E-state index in [4.69, 9.17) is 0 Å². The first-order valence-electron chi connectivity index (χ1n) is 7.05. The van der Waals surface area contributed by atoms with Crippen LogP contribution in [0.4, 0.5) is 4.39 Å². The van der Waals surface area contributed by atoms with Gasteiger partial charge < -0.3 is 0 Å². The molecule has 1 aromatic heterocycles. The Hall–Kier alpha value is -1.88. The van der Waals surface area contributed by atoms with Crippen LogP contribution in [-0.2, 0) is 27.8 Å². The van der Waals surface area contributed by atoms with Crippen molar-refractivity contribution in [1.29, 1.82) is 0 Å². The Kier molecular flexibility index (Phi) is 4.38. The zero-order valence-electron chi connectivity index (χ0n) is 12.5. The van der Waals surface area contributed by atoms with E-state index >= 15 is 0 Å². The van der Waals surface area contributed by atoms with Crippen LogP contribution in [-0.4, -0.2) is 34.5 Å². The van der Waals surface area contributed by atoms with Gasteiger partial charge in [-0.25, -0.2) is 22.2 Å². The molecule has 1 aliphatic rings. The lowest BCUT2D eigenvalue weighted by Gasteiger charge is -2.20. The van der Waals surface area contributed by atoms with Gasteiger partial charge in [0.15, 0.2) is 5.82 Å². The summed E-state index contributed by atoms with van der Waals surface area (Å²) in [6.45, 7) is 1.89. The normalized spacial score (nSPS) is 17.4. The number of carbonyl (C=O) groups is 1. The van der Waals surface area contributed by atoms with Crippen LogP contribution in [0.2, 0.25) is 0 Å². The third-order valence-electron chi connectivity index (χ3n) is 3.82. The van der Waals surface area contributed by atoms with Gasteiger partial charge >= 0.3 is 0 Å². The minimum atomic E-state index is -4.09. The molecule has 2 heterocycles. The highest BCUT2D eigenvalue weighted by Crippen LogP contribution is 2.24. The number of fused-ring (bicyclic) bond motifs is 1. The Balaban J connectivity index is 1.79. The molecule has 1 N–H and O–H groups in total. The van der Waals surface area contributed by atoms with E-state index in [9.17, 15) is 17.6 Å². The predicted molar refractivity (Wildman–Crippen MR) is 83.8 cm³/mol. The van der Waals surface area contributed by atoms with Crippen molar-refractivity contribution in [2.45, 2.75) is 31.2 Å². The van der Waals surface area contributed by atoms with Crippen LogP contribution in [0.1, 0.15) is 17.8 Å². The molecule has 0 radical (unpaired) electrons. The van der Waals surface area contributed by atoms with Crippen LogP contribution in [0.15, 0.2) is 21.5 Å². The first kappa shape index (κ1) is 17.0. The third kappa shape index (κ3) is 3.18. The standard InChI is InChI=1S/C13H13BrFN5O3S/c1-7-4-9(6-10(14)12(7)15)24(22,23)17-13(21)8-2-3-20-11(5-8)16-18-19-20/h4,6,8H,2-3,5H2,1H3,(H,17,21). The topological polar surface area (TPSA) is 107 Å². The molecule has 2 aromatic rings. The molecular formula is C13H13BrFN5O3S. The molecule has 8 nitrogen and oxygen atoms in total. The summed E-state index contributed by atoms with van der Waals surface area (Å²) in [4.78, 5) is 12.1. The smallest absolute Gasteiger partial charge is 0.264 e. The molecule has 0 aliphatic carbocycles. The number of aromatic nitrogens is 4. The average Bonchev–Trinajstić information content (AvgIpc) is 2.99. The Morgan fingerprint density at radius 1 is 1.46 bits per heavy atom. The molecule has 0 saturated carbocycles. The fourth-order valence-electron chi connectivity index (χ4n) is 2.49. The monoisotopic (exact) mass is 417 g/mol. The second-order valence-electron chi connectivity index (χ2n) is 5.51. The number of hydrogen-bond acceptors (Lipinski definition) is 6. The number of carbonyl (C=O) groups excluding carboxylic acids is 1. The molecule has 1 atom stereocenters. The number of aryl methyl sites for hydroxylation is 2. The summed E-state index contributed by atoms with van der Waals surface area (Å²) in [5.41, 5.74) is 0.161. The van der Waals surface area contributed by atoms with E-state index in [1.54, 1.807) is 4.68 Å². The lowest BCUT2D eigenvalue weighted by molar-refractivity contribution is -0.123. The quantitative estimate of drug-likeness (QED) is 0.796. The number of benzene rings is 1. The van der Waals surface area contributed by atoms with Gasteiger partial charge in [0.2, 0.25) is 5.91 Å². The number of tetrazole rings is 1. The Bertz CT molecular complexity index is 891. The fourth-order valence-corrected chi connectivity index (χ4v) is 4.36. The van der Waals surface area contributed by atoms with Crippen molar-refractivity contribution < 1.29 is 17.6 Å². The Labute approximate surface area is 145 Å². The summed E-state index contributed by atoms with van der Waals surface area (Å²) in [5, 5.41) is 11.1. The van der Waals surface area contributed by atoms with Gasteiger partial charge in [-0.05, 0) is 57.4 Å². The zero-order chi connectivity index (χ0) is 17.5. The van der Waals surface area contributed by atoms with Crippen molar-refractivity contribution in [1.82, 2.24) is 24.9 Å². The number of sulfonamides is 1. The summed E-state index contributed by atoms with van der Waals surface area (Å²) in [7, 11) is -4.09. The van der Waals surface area contributed by atoms with Gasteiger partial charge in [-0.1, -0.05) is 0 Å². The van der Waals surface area contributed by atoms with E-state index in [1.165, 1.54) is 13.0 Å². The van der Waals surface area contributed by atoms with Gasteiger partial charge in [-0.3, -0.25) is 4.79 Å². The van der Waals surface area contributed by atoms with Crippen molar-refractivity contribution in [2.24, 2.45) is 5.92 Å². The van der Waals surface area contributed by atoms with E-state index in [0.717, 1.165) is 6.07 Å². The van der Waals surface area contributed by atoms with E-state index in [1.807, 2.05) is 0 Å². The van der Waals surface area contributed by atoms with Gasteiger partial charge in [0, 0.05) is 18.9 Å². The summed E-state index contributed by atoms with van der Waals surface area (Å²) in [5.74, 6) is -1.16. The lowest BCUT2D eigenvalue weighted by Crippen LogP contribution is -2.39. The molecule has 0 fully saturated rings. The van der Waals surface area contributed by atoms with Crippen molar-refractivity contribution >= 4 is 31.9 Å². The van der Waals surface area contributed by atoms with Gasteiger partial charge in [-0.2, -0.15) is 0 Å². The molecule has 1 amide bonds. The van der Waals surface area contributed by atoms with Crippen molar-refractivity contribution in [3.05, 3.63) is 33.8 Å². The van der Waals surface area contributed by atoms with Crippen LogP contribution in [0.3, 0.4) is 0 Å². The molecule has 0 spiro atoms. The molecular weight excluding hydrogens is 405 g/mol. The van der Waals surface area contributed by atoms with Crippen LogP contribution in [0, 0.1) is 18.7 Å². The van der Waals surface area contributed by atoms with Gasteiger partial charge in [0.05, 0.1) is 9.37 Å². The van der Waals surface area contributed by atoms with Crippen LogP contribution < -0.4 is 4.72 Å². The van der Waals surface area contributed by atoms with Crippen molar-refractivity contribution in [2.75, 3.05) is 0 Å². The molecule has 1 unspecified atom stereocenters. The summed E-state index contributed by atoms with van der Waals surface area (Å²) >= 11 is 2.97. The molecule has 128 valence electrons. The van der Waals surface area contributed by atoms with E-state index in [2.05, 4.69) is 36.2 Å². The number of nitrogens with zero attached hydrogens (tertiary/aromatic N) is 4. The second-order valence-corrected chi connectivity index (χ2v) is 8.05. The first-order chi connectivity index (χ1) is 11.3. The van der Waals surface area contributed by atoms with E-state index < -0.39 is 27.7 Å². The first-order valence-corrected chi connectivity index (χ1v) is 9.33. The minimum absolute atomic E-state index is 0.0205. The highest BCUT2D eigenvalue weighted by atomic mass is 79.9. The SMILES string of the molecule is Cc1cc(S(=O)(=O)NC(=O)C2CCn3nnnc3C2)cc(Br)c1F. The number of amides is 1. The maximum atomic E-state index is 13.6. The summed E-state index contributed by atoms with van der Waals surface area (Å²) in [6, 6.07) is 2.30. The molecule has 1 aliphatic heterocycles. The molecule has 3 rings (SSSR count).